The molecule has 0 fully saturated rings. The molecular formula is C38H48F2N6O4S. The Morgan fingerprint density at radius 2 is 1.75 bits per heavy atom. The van der Waals surface area contributed by atoms with Crippen molar-refractivity contribution in [3.05, 3.63) is 89.9 Å². The first kappa shape index (κ1) is 39.4. The van der Waals surface area contributed by atoms with Crippen molar-refractivity contribution in [3.8, 4) is 11.3 Å². The average Bonchev–Trinajstić information content (AvgIpc) is 3.64. The van der Waals surface area contributed by atoms with E-state index in [9.17, 15) is 23.6 Å². The van der Waals surface area contributed by atoms with Crippen LogP contribution in [0.1, 0.15) is 70.8 Å². The highest BCUT2D eigenvalue weighted by Gasteiger charge is 2.38. The van der Waals surface area contributed by atoms with Crippen LogP contribution in [0.25, 0.3) is 11.3 Å². The lowest BCUT2D eigenvalue weighted by molar-refractivity contribution is -0.137. The van der Waals surface area contributed by atoms with Crippen molar-refractivity contribution in [2.24, 2.45) is 11.1 Å². The lowest BCUT2D eigenvalue weighted by Crippen LogP contribution is -2.45. The average molecular weight is 723 g/mol. The van der Waals surface area contributed by atoms with Gasteiger partial charge in [0.2, 0.25) is 11.8 Å². The van der Waals surface area contributed by atoms with Crippen molar-refractivity contribution in [2.45, 2.75) is 71.2 Å². The number of halogens is 2. The zero-order chi connectivity index (χ0) is 37.1. The molecule has 0 spiro atoms. The number of carbonyl (C=O) groups excluding carboxylic acids is 4. The molecule has 0 aliphatic carbocycles. The fraction of sp³-hybridized carbons (Fsp3) is 0.447. The van der Waals surface area contributed by atoms with Crippen molar-refractivity contribution in [1.29, 1.82) is 0 Å². The van der Waals surface area contributed by atoms with Gasteiger partial charge in [-0.15, -0.1) is 11.8 Å². The highest BCUT2D eigenvalue weighted by atomic mass is 32.2. The molecule has 0 saturated carbocycles. The minimum Gasteiger partial charge on any atom is -0.353 e. The van der Waals surface area contributed by atoms with E-state index in [1.807, 2.05) is 62.6 Å². The number of thioether (sulfide) groups is 1. The summed E-state index contributed by atoms with van der Waals surface area (Å²) in [6.45, 7) is 9.21. The third kappa shape index (κ3) is 10.6. The van der Waals surface area contributed by atoms with E-state index >= 15 is 4.39 Å². The molecule has 13 heteroatoms. The normalized spacial score (nSPS) is 14.2. The van der Waals surface area contributed by atoms with E-state index in [1.165, 1.54) is 23.9 Å². The second-order valence-corrected chi connectivity index (χ2v) is 14.8. The molecule has 3 aromatic rings. The second-order valence-electron chi connectivity index (χ2n) is 13.6. The fourth-order valence-corrected chi connectivity index (χ4v) is 7.10. The van der Waals surface area contributed by atoms with Crippen LogP contribution in [0.15, 0.2) is 66.9 Å². The van der Waals surface area contributed by atoms with Crippen LogP contribution < -0.4 is 11.1 Å². The molecule has 1 aliphatic heterocycles. The number of aromatic nitrogens is 2. The molecule has 0 radical (unpaired) electrons. The lowest BCUT2D eigenvalue weighted by atomic mass is 9.84. The summed E-state index contributed by atoms with van der Waals surface area (Å²) in [6.07, 6.45) is 6.77. The van der Waals surface area contributed by atoms with Crippen LogP contribution in [-0.2, 0) is 25.7 Å². The number of imidazole rings is 1. The molecule has 274 valence electrons. The third-order valence-corrected chi connectivity index (χ3v) is 9.83. The molecule has 2 atom stereocenters. The highest BCUT2D eigenvalue weighted by Crippen LogP contribution is 2.40. The first-order valence-corrected chi connectivity index (χ1v) is 18.4. The monoisotopic (exact) mass is 722 g/mol. The molecule has 0 bridgehead atoms. The van der Waals surface area contributed by atoms with Gasteiger partial charge < -0.3 is 20.5 Å². The van der Waals surface area contributed by atoms with Crippen molar-refractivity contribution in [2.75, 3.05) is 31.9 Å². The van der Waals surface area contributed by atoms with Crippen LogP contribution in [-0.4, -0.2) is 80.2 Å². The molecule has 1 aromatic heterocycles. The van der Waals surface area contributed by atoms with Crippen LogP contribution in [0.2, 0.25) is 0 Å². The Labute approximate surface area is 302 Å². The summed E-state index contributed by atoms with van der Waals surface area (Å²) in [6, 6.07) is 12.3. The molecule has 0 saturated heterocycles. The molecule has 1 unspecified atom stereocenters. The van der Waals surface area contributed by atoms with Gasteiger partial charge in [0.15, 0.2) is 0 Å². The molecule has 10 nitrogen and oxygen atoms in total. The highest BCUT2D eigenvalue weighted by molar-refractivity contribution is 8.01. The van der Waals surface area contributed by atoms with Crippen molar-refractivity contribution in [3.63, 3.8) is 0 Å². The van der Waals surface area contributed by atoms with Crippen LogP contribution >= 0.6 is 11.8 Å². The van der Waals surface area contributed by atoms with Crippen LogP contribution in [0.3, 0.4) is 0 Å². The molecule has 51 heavy (non-hydrogen) atoms. The number of carbonyl (C=O) groups is 4. The van der Waals surface area contributed by atoms with Gasteiger partial charge in [0.25, 0.3) is 11.8 Å². The maximum absolute atomic E-state index is 15.1. The minimum absolute atomic E-state index is 0.00323. The first-order chi connectivity index (χ1) is 24.3. The Balaban J connectivity index is 1.63. The van der Waals surface area contributed by atoms with Crippen LogP contribution in [0.5, 0.6) is 0 Å². The maximum Gasteiger partial charge on any atom is 0.253 e. The molecule has 3 N–H and O–H groups in total. The summed E-state index contributed by atoms with van der Waals surface area (Å²) in [4.78, 5) is 59.2. The summed E-state index contributed by atoms with van der Waals surface area (Å²) >= 11 is 1.25. The third-order valence-electron chi connectivity index (χ3n) is 8.56. The van der Waals surface area contributed by atoms with Gasteiger partial charge in [0.1, 0.15) is 17.5 Å². The van der Waals surface area contributed by atoms with E-state index in [4.69, 9.17) is 10.7 Å². The van der Waals surface area contributed by atoms with E-state index in [1.54, 1.807) is 11.1 Å². The molecule has 1 aliphatic rings. The standard InChI is InChI=1S/C38H48F2N6O4S/c1-5-6-13-31(37(50)42-19-21-45-32(47)16-17-33(45)48)51-25-34(49)46(20-10-18-41)35(38(2,3)4)36-43-30(28-22-27(39)14-15-29(28)40)24-44(36)23-26-11-8-7-9-12-26/h7-9,11-12,14-17,22,24,31,35H,5-6,10,13,18-21,23,25,41H2,1-4H3,(H,42,50)/t31?,35-/m0/s1. The summed E-state index contributed by atoms with van der Waals surface area (Å²) in [5.74, 6) is -2.01. The number of nitrogens with one attached hydrogen (secondary N) is 1. The van der Waals surface area contributed by atoms with E-state index < -0.39 is 40.2 Å². The van der Waals surface area contributed by atoms with Gasteiger partial charge in [-0.1, -0.05) is 70.9 Å². The SMILES string of the molecule is CCCCC(SCC(=O)N(CCCN)[C@@H](c1nc(-c2cc(F)ccc2F)cn1Cc1ccccc1)C(C)(C)C)C(=O)NCCN1C(=O)C=CC1=O. The Morgan fingerprint density at radius 3 is 2.39 bits per heavy atom. The number of unbranched alkanes of at least 4 members (excludes halogenated alkanes) is 1. The van der Waals surface area contributed by atoms with Gasteiger partial charge >= 0.3 is 0 Å². The number of imide groups is 1. The Hall–Kier alpha value is -4.36. The zero-order valence-electron chi connectivity index (χ0n) is 29.7. The van der Waals surface area contributed by atoms with Crippen LogP contribution in [0, 0.1) is 17.0 Å². The molecule has 2 heterocycles. The number of hydrogen-bond acceptors (Lipinski definition) is 7. The predicted molar refractivity (Wildman–Crippen MR) is 195 cm³/mol. The summed E-state index contributed by atoms with van der Waals surface area (Å²) in [7, 11) is 0. The summed E-state index contributed by atoms with van der Waals surface area (Å²) in [5, 5.41) is 2.29. The Bertz CT molecular complexity index is 1690. The number of hydrogen-bond donors (Lipinski definition) is 2. The smallest absolute Gasteiger partial charge is 0.253 e. The topological polar surface area (TPSA) is 131 Å². The van der Waals surface area contributed by atoms with Gasteiger partial charge in [-0.05, 0) is 48.6 Å². The molecule has 4 rings (SSSR count). The van der Waals surface area contributed by atoms with Gasteiger partial charge in [0.05, 0.1) is 22.7 Å². The number of amides is 4. The minimum atomic E-state index is -0.612. The molecule has 4 amide bonds. The van der Waals surface area contributed by atoms with E-state index in [2.05, 4.69) is 5.32 Å². The number of rotatable bonds is 18. The Kier molecular flexibility index (Phi) is 14.1. The lowest BCUT2D eigenvalue weighted by Gasteiger charge is -2.40. The van der Waals surface area contributed by atoms with E-state index in [0.717, 1.165) is 41.5 Å². The maximum atomic E-state index is 15.1. The van der Waals surface area contributed by atoms with Gasteiger partial charge in [0, 0.05) is 50.1 Å². The summed E-state index contributed by atoms with van der Waals surface area (Å²) in [5.41, 5.74) is 6.61. The fourth-order valence-electron chi connectivity index (χ4n) is 6.02. The molecular weight excluding hydrogens is 675 g/mol. The first-order valence-electron chi connectivity index (χ1n) is 17.3. The van der Waals surface area contributed by atoms with Crippen molar-refractivity contribution in [1.82, 2.24) is 24.7 Å². The van der Waals surface area contributed by atoms with Gasteiger partial charge in [-0.25, -0.2) is 13.8 Å². The van der Waals surface area contributed by atoms with Gasteiger partial charge in [-0.3, -0.25) is 24.1 Å². The number of benzene rings is 2. The van der Waals surface area contributed by atoms with Crippen LogP contribution in [0.4, 0.5) is 8.78 Å². The number of nitrogens with zero attached hydrogens (tertiary/aromatic N) is 4. The van der Waals surface area contributed by atoms with Crippen molar-refractivity contribution >= 4 is 35.4 Å². The second kappa shape index (κ2) is 18.2. The van der Waals surface area contributed by atoms with E-state index in [0.29, 0.717) is 38.3 Å². The largest absolute Gasteiger partial charge is 0.353 e. The number of nitrogens with two attached hydrogens (primary N) is 1. The molecule has 2 aromatic carbocycles. The quantitative estimate of drug-likeness (QED) is 0.167. The predicted octanol–water partition coefficient (Wildman–Crippen LogP) is 5.47. The van der Waals surface area contributed by atoms with E-state index in [-0.39, 0.29) is 41.9 Å². The van der Waals surface area contributed by atoms with Gasteiger partial charge in [-0.2, -0.15) is 0 Å². The zero-order valence-corrected chi connectivity index (χ0v) is 30.6. The van der Waals surface area contributed by atoms with Crippen molar-refractivity contribution < 1.29 is 28.0 Å². The summed E-state index contributed by atoms with van der Waals surface area (Å²) < 4.78 is 31.3. The Morgan fingerprint density at radius 1 is 1.04 bits per heavy atom.